The maximum atomic E-state index is 13.0. The van der Waals surface area contributed by atoms with Crippen molar-refractivity contribution in [3.63, 3.8) is 0 Å². The summed E-state index contributed by atoms with van der Waals surface area (Å²) in [6.07, 6.45) is -1.72. The maximum Gasteiger partial charge on any atom is 0.188 e. The van der Waals surface area contributed by atoms with E-state index in [1.165, 1.54) is 12.1 Å². The third-order valence-corrected chi connectivity index (χ3v) is 5.95. The van der Waals surface area contributed by atoms with E-state index in [2.05, 4.69) is 0 Å². The van der Waals surface area contributed by atoms with Crippen LogP contribution in [-0.4, -0.2) is 31.3 Å². The van der Waals surface area contributed by atoms with Crippen LogP contribution in [0.25, 0.3) is 0 Å². The second-order valence-electron chi connectivity index (χ2n) is 5.23. The molecule has 1 unspecified atom stereocenters. The van der Waals surface area contributed by atoms with E-state index in [4.69, 9.17) is 11.6 Å². The van der Waals surface area contributed by atoms with Gasteiger partial charge in [0.2, 0.25) is 0 Å². The Labute approximate surface area is 140 Å². The molecule has 0 spiro atoms. The highest BCUT2D eigenvalue weighted by atomic mass is 35.5. The molecule has 0 aliphatic rings. The van der Waals surface area contributed by atoms with Gasteiger partial charge in [0.1, 0.15) is 11.4 Å². The van der Waals surface area contributed by atoms with Gasteiger partial charge in [-0.25, -0.2) is 8.42 Å². The van der Waals surface area contributed by atoms with Crippen LogP contribution in [0.5, 0.6) is 0 Å². The second-order valence-corrected chi connectivity index (χ2v) is 7.57. The minimum Gasteiger partial charge on any atom is -0.384 e. The Hall–Kier alpha value is -1.69. The highest BCUT2D eigenvalue weighted by Gasteiger charge is 2.38. The lowest BCUT2D eigenvalue weighted by molar-refractivity contribution is -0.124. The minimum atomic E-state index is -3.95. The number of Topliss-reactive ketones (excluding diaryl/α,β-unsaturated/α-hetero) is 1. The van der Waals surface area contributed by atoms with Crippen LogP contribution in [0.15, 0.2) is 59.5 Å². The van der Waals surface area contributed by atoms with E-state index in [0.717, 1.165) is 5.56 Å². The van der Waals surface area contributed by atoms with Crippen molar-refractivity contribution in [1.29, 1.82) is 0 Å². The number of hydrogen-bond donors (Lipinski definition) is 1. The number of halogens is 1. The van der Waals surface area contributed by atoms with Crippen molar-refractivity contribution in [3.8, 4) is 0 Å². The standard InChI is InChI=1S/C17H17ClO4S/c1-12-7-9-14(10-8-12)23(21,22)17(16(20)15(19)11-18)13-5-3-2-4-6-13/h2-10,16-17,20H,11H2,1H3/t16?,17-/m0/s1. The van der Waals surface area contributed by atoms with E-state index >= 15 is 0 Å². The number of rotatable bonds is 6. The average molecular weight is 353 g/mol. The number of ketones is 1. The van der Waals surface area contributed by atoms with E-state index in [-0.39, 0.29) is 4.90 Å². The first-order valence-corrected chi connectivity index (χ1v) is 9.08. The van der Waals surface area contributed by atoms with Gasteiger partial charge in [0.25, 0.3) is 0 Å². The van der Waals surface area contributed by atoms with Gasteiger partial charge in [-0.05, 0) is 24.6 Å². The van der Waals surface area contributed by atoms with Crippen molar-refractivity contribution in [3.05, 3.63) is 65.7 Å². The zero-order chi connectivity index (χ0) is 17.0. The van der Waals surface area contributed by atoms with Crippen molar-refractivity contribution in [2.75, 3.05) is 5.88 Å². The molecule has 2 atom stereocenters. The number of carbonyl (C=O) groups is 1. The summed E-state index contributed by atoms with van der Waals surface area (Å²) in [5, 5.41) is 8.88. The number of alkyl halides is 1. The molecule has 0 fully saturated rings. The van der Waals surface area contributed by atoms with Crippen LogP contribution in [0, 0.1) is 6.92 Å². The number of aliphatic hydroxyl groups excluding tert-OH is 1. The van der Waals surface area contributed by atoms with Gasteiger partial charge in [0.05, 0.1) is 10.8 Å². The van der Waals surface area contributed by atoms with Crippen molar-refractivity contribution in [2.45, 2.75) is 23.2 Å². The van der Waals surface area contributed by atoms with Gasteiger partial charge in [-0.1, -0.05) is 48.0 Å². The summed E-state index contributed by atoms with van der Waals surface area (Å²) in [6.45, 7) is 1.84. The Morgan fingerprint density at radius 1 is 1.09 bits per heavy atom. The number of hydrogen-bond acceptors (Lipinski definition) is 4. The molecule has 122 valence electrons. The number of aliphatic hydroxyl groups is 1. The van der Waals surface area contributed by atoms with Crippen LogP contribution < -0.4 is 0 Å². The first-order valence-electron chi connectivity index (χ1n) is 7.00. The molecule has 0 aromatic heterocycles. The summed E-state index contributed by atoms with van der Waals surface area (Å²) in [7, 11) is -3.95. The van der Waals surface area contributed by atoms with Gasteiger partial charge in [0, 0.05) is 0 Å². The van der Waals surface area contributed by atoms with E-state index < -0.39 is 32.9 Å². The number of aryl methyl sites for hydroxylation is 1. The molecule has 0 aliphatic heterocycles. The fourth-order valence-corrected chi connectivity index (χ4v) is 4.27. The molecule has 0 aliphatic carbocycles. The fourth-order valence-electron chi connectivity index (χ4n) is 2.30. The van der Waals surface area contributed by atoms with Crippen molar-refractivity contribution < 1.29 is 18.3 Å². The predicted molar refractivity (Wildman–Crippen MR) is 89.3 cm³/mol. The van der Waals surface area contributed by atoms with Gasteiger partial charge in [-0.2, -0.15) is 0 Å². The van der Waals surface area contributed by atoms with E-state index in [0.29, 0.717) is 5.56 Å². The van der Waals surface area contributed by atoms with Crippen LogP contribution in [0.1, 0.15) is 16.4 Å². The summed E-state index contributed by atoms with van der Waals surface area (Å²) >= 11 is 5.49. The van der Waals surface area contributed by atoms with Gasteiger partial charge >= 0.3 is 0 Å². The number of benzene rings is 2. The first kappa shape index (κ1) is 17.7. The molecule has 2 rings (SSSR count). The summed E-state index contributed by atoms with van der Waals surface area (Å²) in [6, 6.07) is 14.5. The van der Waals surface area contributed by atoms with Gasteiger partial charge in [-0.3, -0.25) is 4.79 Å². The molecule has 23 heavy (non-hydrogen) atoms. The Balaban J connectivity index is 2.57. The van der Waals surface area contributed by atoms with E-state index in [1.54, 1.807) is 42.5 Å². The average Bonchev–Trinajstić information content (AvgIpc) is 2.55. The monoisotopic (exact) mass is 352 g/mol. The van der Waals surface area contributed by atoms with E-state index in [1.807, 2.05) is 6.92 Å². The molecule has 6 heteroatoms. The van der Waals surface area contributed by atoms with Crippen molar-refractivity contribution in [1.82, 2.24) is 0 Å². The Morgan fingerprint density at radius 3 is 2.17 bits per heavy atom. The maximum absolute atomic E-state index is 13.0. The summed E-state index contributed by atoms with van der Waals surface area (Å²) in [5.41, 5.74) is 1.26. The zero-order valence-electron chi connectivity index (χ0n) is 12.5. The molecule has 0 amide bonds. The Kier molecular flexibility index (Phi) is 5.57. The summed E-state index contributed by atoms with van der Waals surface area (Å²) in [4.78, 5) is 11.9. The Morgan fingerprint density at radius 2 is 1.65 bits per heavy atom. The van der Waals surface area contributed by atoms with Crippen LogP contribution in [0.2, 0.25) is 0 Å². The molecule has 4 nitrogen and oxygen atoms in total. The normalized spacial score (nSPS) is 14.2. The highest BCUT2D eigenvalue weighted by Crippen LogP contribution is 2.32. The molecule has 0 heterocycles. The molecule has 0 saturated carbocycles. The highest BCUT2D eigenvalue weighted by molar-refractivity contribution is 7.91. The first-order chi connectivity index (χ1) is 10.9. The fraction of sp³-hybridized carbons (Fsp3) is 0.235. The van der Waals surface area contributed by atoms with Gasteiger partial charge in [-0.15, -0.1) is 11.6 Å². The van der Waals surface area contributed by atoms with Crippen LogP contribution in [0.3, 0.4) is 0 Å². The number of carbonyl (C=O) groups excluding carboxylic acids is 1. The molecule has 2 aromatic rings. The molecular weight excluding hydrogens is 336 g/mol. The number of sulfone groups is 1. The second kappa shape index (κ2) is 7.25. The van der Waals surface area contributed by atoms with Crippen LogP contribution in [0.4, 0.5) is 0 Å². The lowest BCUT2D eigenvalue weighted by atomic mass is 10.1. The summed E-state index contributed by atoms with van der Waals surface area (Å²) in [5.74, 6) is -1.18. The largest absolute Gasteiger partial charge is 0.384 e. The predicted octanol–water partition coefficient (Wildman–Crippen LogP) is 2.68. The topological polar surface area (TPSA) is 71.4 Å². The van der Waals surface area contributed by atoms with E-state index in [9.17, 15) is 18.3 Å². The molecule has 1 N–H and O–H groups in total. The lowest BCUT2D eigenvalue weighted by Crippen LogP contribution is -2.34. The molecule has 0 bridgehead atoms. The molecule has 2 aromatic carbocycles. The van der Waals surface area contributed by atoms with Crippen molar-refractivity contribution in [2.24, 2.45) is 0 Å². The Bertz CT molecular complexity index is 770. The quantitative estimate of drug-likeness (QED) is 0.811. The van der Waals surface area contributed by atoms with Gasteiger partial charge < -0.3 is 5.11 Å². The zero-order valence-corrected chi connectivity index (χ0v) is 14.1. The summed E-state index contributed by atoms with van der Waals surface area (Å²) < 4.78 is 25.9. The molecular formula is C17H17ClO4S. The third kappa shape index (κ3) is 3.80. The van der Waals surface area contributed by atoms with Crippen molar-refractivity contribution >= 4 is 27.2 Å². The third-order valence-electron chi connectivity index (χ3n) is 3.56. The molecule has 0 saturated heterocycles. The van der Waals surface area contributed by atoms with Crippen LogP contribution >= 0.6 is 11.6 Å². The lowest BCUT2D eigenvalue weighted by Gasteiger charge is -2.22. The van der Waals surface area contributed by atoms with Crippen LogP contribution in [-0.2, 0) is 14.6 Å². The minimum absolute atomic E-state index is 0.0541. The SMILES string of the molecule is Cc1ccc(S(=O)(=O)[C@@H](c2ccccc2)C(O)C(=O)CCl)cc1. The molecule has 0 radical (unpaired) electrons. The van der Waals surface area contributed by atoms with Gasteiger partial charge in [0.15, 0.2) is 15.6 Å². The smallest absolute Gasteiger partial charge is 0.188 e.